The van der Waals surface area contributed by atoms with Gasteiger partial charge in [-0.3, -0.25) is 14.5 Å². The van der Waals surface area contributed by atoms with Gasteiger partial charge in [0.1, 0.15) is 11.4 Å². The summed E-state index contributed by atoms with van der Waals surface area (Å²) in [6.07, 6.45) is 0. The summed E-state index contributed by atoms with van der Waals surface area (Å²) in [5.74, 6) is -0.257. The molecule has 0 saturated carbocycles. The molecule has 31 heavy (non-hydrogen) atoms. The lowest BCUT2D eigenvalue weighted by molar-refractivity contribution is -0.137. The largest absolute Gasteiger partial charge is 0.496 e. The molecule has 0 fully saturated rings. The highest BCUT2D eigenvalue weighted by molar-refractivity contribution is 6.37. The molecule has 0 aromatic heterocycles. The number of benzene rings is 3. The average Bonchev–Trinajstić information content (AvgIpc) is 3.01. The monoisotopic (exact) mass is 432 g/mol. The van der Waals surface area contributed by atoms with Crippen molar-refractivity contribution >= 4 is 34.7 Å². The van der Waals surface area contributed by atoms with E-state index in [1.165, 1.54) is 12.0 Å². The molecule has 5 nitrogen and oxygen atoms in total. The Kier molecular flexibility index (Phi) is 5.78. The molecule has 0 radical (unpaired) electrons. The number of rotatable bonds is 6. The average molecular weight is 433 g/mol. The first kappa shape index (κ1) is 20.7. The lowest BCUT2D eigenvalue weighted by Crippen LogP contribution is -2.32. The van der Waals surface area contributed by atoms with Crippen LogP contribution in [0.4, 0.5) is 5.69 Å². The van der Waals surface area contributed by atoms with Crippen molar-refractivity contribution < 1.29 is 14.3 Å². The lowest BCUT2D eigenvalue weighted by atomic mass is 10.0. The van der Waals surface area contributed by atoms with Gasteiger partial charge in [-0.05, 0) is 36.2 Å². The molecule has 3 aromatic carbocycles. The van der Waals surface area contributed by atoms with Gasteiger partial charge in [0, 0.05) is 16.3 Å². The molecule has 1 aliphatic heterocycles. The Bertz CT molecular complexity index is 1190. The summed E-state index contributed by atoms with van der Waals surface area (Å²) in [5.41, 5.74) is 3.44. The van der Waals surface area contributed by atoms with E-state index >= 15 is 0 Å². The van der Waals surface area contributed by atoms with Crippen LogP contribution in [0.25, 0.3) is 5.57 Å². The number of nitrogens with one attached hydrogen (secondary N) is 1. The van der Waals surface area contributed by atoms with Crippen LogP contribution in [0, 0.1) is 6.92 Å². The molecule has 156 valence electrons. The van der Waals surface area contributed by atoms with Gasteiger partial charge in [0.2, 0.25) is 0 Å². The van der Waals surface area contributed by atoms with Crippen LogP contribution in [0.1, 0.15) is 16.7 Å². The number of aryl methyl sites for hydroxylation is 1. The second-order valence-electron chi connectivity index (χ2n) is 7.22. The van der Waals surface area contributed by atoms with E-state index in [2.05, 4.69) is 5.32 Å². The predicted molar refractivity (Wildman–Crippen MR) is 122 cm³/mol. The van der Waals surface area contributed by atoms with Crippen molar-refractivity contribution in [1.82, 2.24) is 4.90 Å². The fourth-order valence-electron chi connectivity index (χ4n) is 3.52. The van der Waals surface area contributed by atoms with Crippen molar-refractivity contribution in [1.29, 1.82) is 0 Å². The van der Waals surface area contributed by atoms with E-state index in [0.717, 1.165) is 11.1 Å². The number of imide groups is 1. The Hall–Kier alpha value is -3.57. The number of halogens is 1. The van der Waals surface area contributed by atoms with Crippen molar-refractivity contribution in [2.24, 2.45) is 0 Å². The first-order valence-electron chi connectivity index (χ1n) is 9.80. The van der Waals surface area contributed by atoms with E-state index in [0.29, 0.717) is 22.0 Å². The third-order valence-corrected chi connectivity index (χ3v) is 5.58. The van der Waals surface area contributed by atoms with Gasteiger partial charge in [-0.2, -0.15) is 0 Å². The molecule has 0 aliphatic carbocycles. The molecule has 0 saturated heterocycles. The summed E-state index contributed by atoms with van der Waals surface area (Å²) in [6, 6.07) is 22.0. The summed E-state index contributed by atoms with van der Waals surface area (Å²) < 4.78 is 5.46. The maximum absolute atomic E-state index is 13.4. The van der Waals surface area contributed by atoms with Crippen LogP contribution in [0.15, 0.2) is 78.5 Å². The van der Waals surface area contributed by atoms with Gasteiger partial charge in [0.15, 0.2) is 0 Å². The zero-order valence-corrected chi connectivity index (χ0v) is 17.9. The van der Waals surface area contributed by atoms with Gasteiger partial charge in [-0.1, -0.05) is 66.2 Å². The van der Waals surface area contributed by atoms with Crippen molar-refractivity contribution in [2.75, 3.05) is 12.4 Å². The summed E-state index contributed by atoms with van der Waals surface area (Å²) in [7, 11) is 1.54. The normalized spacial score (nSPS) is 13.7. The fraction of sp³-hybridized carbons (Fsp3) is 0.120. The minimum Gasteiger partial charge on any atom is -0.496 e. The van der Waals surface area contributed by atoms with E-state index in [1.807, 2.05) is 61.5 Å². The fourth-order valence-corrected chi connectivity index (χ4v) is 3.70. The predicted octanol–water partition coefficient (Wildman–Crippen LogP) is 5.05. The third-order valence-electron chi connectivity index (χ3n) is 5.17. The lowest BCUT2D eigenvalue weighted by Gasteiger charge is -2.15. The van der Waals surface area contributed by atoms with Crippen molar-refractivity contribution in [3.63, 3.8) is 0 Å². The third kappa shape index (κ3) is 4.05. The maximum atomic E-state index is 13.4. The maximum Gasteiger partial charge on any atom is 0.278 e. The van der Waals surface area contributed by atoms with Crippen molar-refractivity contribution in [3.05, 3.63) is 100 Å². The van der Waals surface area contributed by atoms with Gasteiger partial charge in [-0.25, -0.2) is 0 Å². The first-order chi connectivity index (χ1) is 15.0. The number of nitrogens with zero attached hydrogens (tertiary/aromatic N) is 1. The summed E-state index contributed by atoms with van der Waals surface area (Å²) in [5, 5.41) is 3.70. The molecule has 0 atom stereocenters. The Morgan fingerprint density at radius 1 is 0.935 bits per heavy atom. The zero-order chi connectivity index (χ0) is 22.0. The van der Waals surface area contributed by atoms with Crippen molar-refractivity contribution in [3.8, 4) is 5.75 Å². The smallest absolute Gasteiger partial charge is 0.278 e. The highest BCUT2D eigenvalue weighted by Crippen LogP contribution is 2.36. The molecule has 6 heteroatoms. The summed E-state index contributed by atoms with van der Waals surface area (Å²) in [6.45, 7) is 2.08. The number of hydrogen-bond donors (Lipinski definition) is 1. The highest BCUT2D eigenvalue weighted by Gasteiger charge is 2.40. The number of anilines is 1. The van der Waals surface area contributed by atoms with E-state index in [4.69, 9.17) is 16.3 Å². The number of ether oxygens (including phenoxy) is 1. The second-order valence-corrected chi connectivity index (χ2v) is 7.63. The highest BCUT2D eigenvalue weighted by atomic mass is 35.5. The molecule has 1 N–H and O–H groups in total. The van der Waals surface area contributed by atoms with E-state index in [9.17, 15) is 9.59 Å². The summed E-state index contributed by atoms with van der Waals surface area (Å²) in [4.78, 5) is 28.1. The molecule has 0 bridgehead atoms. The molecule has 0 spiro atoms. The molecule has 2 amide bonds. The second kappa shape index (κ2) is 8.66. The topological polar surface area (TPSA) is 58.6 Å². The van der Waals surface area contributed by atoms with E-state index < -0.39 is 5.91 Å². The van der Waals surface area contributed by atoms with Gasteiger partial charge in [0.05, 0.1) is 19.2 Å². The molecular weight excluding hydrogens is 412 g/mol. The molecule has 3 aromatic rings. The van der Waals surface area contributed by atoms with Crippen LogP contribution >= 0.6 is 11.6 Å². The standard InChI is InChI=1S/C25H21ClN2O3/c1-16-12-13-18(14-20(16)26)27-23-22(19-10-6-7-11-21(19)31-2)24(29)28(25(23)30)15-17-8-4-3-5-9-17/h3-14,27H,15H2,1-2H3. The summed E-state index contributed by atoms with van der Waals surface area (Å²) >= 11 is 6.26. The number of methoxy groups -OCH3 is 1. The Balaban J connectivity index is 1.79. The van der Waals surface area contributed by atoms with Crippen LogP contribution < -0.4 is 10.1 Å². The number of para-hydroxylation sites is 1. The van der Waals surface area contributed by atoms with Gasteiger partial charge in [-0.15, -0.1) is 0 Å². The number of carbonyl (C=O) groups is 2. The molecular formula is C25H21ClN2O3. The number of amides is 2. The molecule has 4 rings (SSSR count). The quantitative estimate of drug-likeness (QED) is 0.554. The van der Waals surface area contributed by atoms with Crippen LogP contribution in [0.3, 0.4) is 0 Å². The number of hydrogen-bond acceptors (Lipinski definition) is 4. The Morgan fingerprint density at radius 2 is 1.65 bits per heavy atom. The van der Waals surface area contributed by atoms with E-state index in [1.54, 1.807) is 18.2 Å². The van der Waals surface area contributed by atoms with Gasteiger partial charge >= 0.3 is 0 Å². The van der Waals surface area contributed by atoms with Crippen molar-refractivity contribution in [2.45, 2.75) is 13.5 Å². The molecule has 0 unspecified atom stereocenters. The van der Waals surface area contributed by atoms with Crippen LogP contribution in [0.2, 0.25) is 5.02 Å². The van der Waals surface area contributed by atoms with Gasteiger partial charge in [0.25, 0.3) is 11.8 Å². The van der Waals surface area contributed by atoms with Crippen LogP contribution in [0.5, 0.6) is 5.75 Å². The van der Waals surface area contributed by atoms with Gasteiger partial charge < -0.3 is 10.1 Å². The minimum atomic E-state index is -0.397. The van der Waals surface area contributed by atoms with E-state index in [-0.39, 0.29) is 23.7 Å². The zero-order valence-electron chi connectivity index (χ0n) is 17.2. The minimum absolute atomic E-state index is 0.178. The van der Waals surface area contributed by atoms with Crippen LogP contribution in [-0.2, 0) is 16.1 Å². The molecule has 1 aliphatic rings. The number of carbonyl (C=O) groups excluding carboxylic acids is 2. The Labute approximate surface area is 185 Å². The Morgan fingerprint density at radius 3 is 2.35 bits per heavy atom. The molecule has 1 heterocycles. The SMILES string of the molecule is COc1ccccc1C1=C(Nc2ccc(C)c(Cl)c2)C(=O)N(Cc2ccccc2)C1=O. The first-order valence-corrected chi connectivity index (χ1v) is 10.2. The van der Waals surface area contributed by atoms with Crippen LogP contribution in [-0.4, -0.2) is 23.8 Å².